The summed E-state index contributed by atoms with van der Waals surface area (Å²) >= 11 is 0. The number of hydrogen-bond acceptors (Lipinski definition) is 7. The van der Waals surface area contributed by atoms with Crippen molar-refractivity contribution in [3.05, 3.63) is 66.4 Å². The lowest BCUT2D eigenvalue weighted by molar-refractivity contribution is -0.121. The van der Waals surface area contributed by atoms with Crippen molar-refractivity contribution in [2.75, 3.05) is 23.1 Å². The number of aromatic nitrogens is 2. The first-order chi connectivity index (χ1) is 15.8. The minimum absolute atomic E-state index is 0.00995. The Morgan fingerprint density at radius 1 is 1.09 bits per heavy atom. The van der Waals surface area contributed by atoms with Crippen molar-refractivity contribution in [3.8, 4) is 0 Å². The third kappa shape index (κ3) is 5.37. The number of carbonyl (C=O) groups is 2. The summed E-state index contributed by atoms with van der Waals surface area (Å²) in [7, 11) is -3.86. The van der Waals surface area contributed by atoms with E-state index >= 15 is 0 Å². The largest absolute Gasteiger partial charge is 0.459 e. The van der Waals surface area contributed by atoms with Gasteiger partial charge in [0.25, 0.3) is 15.9 Å². The molecule has 3 heterocycles. The van der Waals surface area contributed by atoms with Gasteiger partial charge in [0.2, 0.25) is 11.9 Å². The fraction of sp³-hybridized carbons (Fsp3) is 0.273. The minimum atomic E-state index is -3.86. The Morgan fingerprint density at radius 3 is 2.45 bits per heavy atom. The van der Waals surface area contributed by atoms with Crippen LogP contribution < -0.4 is 10.0 Å². The molecule has 2 aromatic heterocycles. The van der Waals surface area contributed by atoms with Crippen molar-refractivity contribution >= 4 is 33.5 Å². The molecule has 0 bridgehead atoms. The monoisotopic (exact) mass is 469 g/mol. The van der Waals surface area contributed by atoms with Crippen molar-refractivity contribution in [2.45, 2.75) is 24.7 Å². The molecule has 1 aliphatic rings. The van der Waals surface area contributed by atoms with E-state index in [2.05, 4.69) is 20.0 Å². The quantitative estimate of drug-likeness (QED) is 0.567. The van der Waals surface area contributed by atoms with Crippen molar-refractivity contribution in [3.63, 3.8) is 0 Å². The number of sulfonamides is 1. The molecule has 0 atom stereocenters. The van der Waals surface area contributed by atoms with Crippen molar-refractivity contribution in [2.24, 2.45) is 5.92 Å². The zero-order chi connectivity index (χ0) is 23.4. The second-order valence-corrected chi connectivity index (χ2v) is 9.37. The van der Waals surface area contributed by atoms with E-state index in [-0.39, 0.29) is 34.3 Å². The Morgan fingerprint density at radius 2 is 1.82 bits per heavy atom. The van der Waals surface area contributed by atoms with Gasteiger partial charge in [-0.2, -0.15) is 0 Å². The molecule has 1 aromatic carbocycles. The third-order valence-electron chi connectivity index (χ3n) is 5.34. The van der Waals surface area contributed by atoms with Gasteiger partial charge < -0.3 is 14.6 Å². The van der Waals surface area contributed by atoms with Gasteiger partial charge in [0.05, 0.1) is 11.2 Å². The van der Waals surface area contributed by atoms with E-state index in [1.54, 1.807) is 30.0 Å². The highest BCUT2D eigenvalue weighted by Gasteiger charge is 2.29. The first kappa shape index (κ1) is 22.5. The SMILES string of the molecule is Cc1ccnc(NS(=O)(=O)c2ccc(NC(=O)C3CCN(C(=O)c4ccco4)CC3)cc2)n1. The number of aryl methyl sites for hydroxylation is 1. The summed E-state index contributed by atoms with van der Waals surface area (Å²) < 4.78 is 32.6. The van der Waals surface area contributed by atoms with Gasteiger partial charge >= 0.3 is 0 Å². The van der Waals surface area contributed by atoms with Crippen molar-refractivity contribution in [1.29, 1.82) is 0 Å². The van der Waals surface area contributed by atoms with Gasteiger partial charge in [-0.15, -0.1) is 0 Å². The van der Waals surface area contributed by atoms with Gasteiger partial charge in [0.1, 0.15) is 0 Å². The molecule has 11 heteroatoms. The van der Waals surface area contributed by atoms with E-state index in [0.29, 0.717) is 37.3 Å². The number of amides is 2. The number of rotatable bonds is 6. The maximum absolute atomic E-state index is 12.6. The zero-order valence-corrected chi connectivity index (χ0v) is 18.7. The predicted octanol–water partition coefficient (Wildman–Crippen LogP) is 2.67. The summed E-state index contributed by atoms with van der Waals surface area (Å²) in [6.45, 7) is 2.65. The highest BCUT2D eigenvalue weighted by atomic mass is 32.2. The molecule has 0 radical (unpaired) electrons. The minimum Gasteiger partial charge on any atom is -0.459 e. The van der Waals surface area contributed by atoms with Crippen LogP contribution in [0.25, 0.3) is 0 Å². The van der Waals surface area contributed by atoms with Crippen LogP contribution in [-0.4, -0.2) is 48.2 Å². The number of furan rings is 1. The van der Waals surface area contributed by atoms with E-state index < -0.39 is 10.0 Å². The van der Waals surface area contributed by atoms with Crippen LogP contribution in [0.3, 0.4) is 0 Å². The van der Waals surface area contributed by atoms with Crippen LogP contribution in [0.4, 0.5) is 11.6 Å². The summed E-state index contributed by atoms with van der Waals surface area (Å²) in [6.07, 6.45) is 3.99. The van der Waals surface area contributed by atoms with Crippen LogP contribution in [0.1, 0.15) is 29.1 Å². The third-order valence-corrected chi connectivity index (χ3v) is 6.68. The van der Waals surface area contributed by atoms with E-state index in [1.807, 2.05) is 0 Å². The van der Waals surface area contributed by atoms with E-state index in [4.69, 9.17) is 4.42 Å². The van der Waals surface area contributed by atoms with Crippen LogP contribution in [0, 0.1) is 12.8 Å². The van der Waals surface area contributed by atoms with Gasteiger partial charge in [0, 0.05) is 36.6 Å². The number of carbonyl (C=O) groups excluding carboxylic acids is 2. The number of hydrogen-bond donors (Lipinski definition) is 2. The fourth-order valence-electron chi connectivity index (χ4n) is 3.54. The lowest BCUT2D eigenvalue weighted by atomic mass is 9.95. The Bertz CT molecular complexity index is 1230. The molecule has 0 spiro atoms. The summed E-state index contributed by atoms with van der Waals surface area (Å²) in [5.74, 6) is -0.308. The first-order valence-corrected chi connectivity index (χ1v) is 11.9. The second-order valence-electron chi connectivity index (χ2n) is 7.68. The van der Waals surface area contributed by atoms with Crippen molar-refractivity contribution < 1.29 is 22.4 Å². The smallest absolute Gasteiger partial charge is 0.289 e. The number of likely N-dealkylation sites (tertiary alicyclic amines) is 1. The number of benzene rings is 1. The Kier molecular flexibility index (Phi) is 6.40. The molecule has 33 heavy (non-hydrogen) atoms. The maximum Gasteiger partial charge on any atom is 0.289 e. The van der Waals surface area contributed by atoms with Crippen LogP contribution in [0.2, 0.25) is 0 Å². The highest BCUT2D eigenvalue weighted by molar-refractivity contribution is 7.92. The molecule has 3 aromatic rings. The van der Waals surface area contributed by atoms with Crippen LogP contribution >= 0.6 is 0 Å². The summed E-state index contributed by atoms with van der Waals surface area (Å²) in [5.41, 5.74) is 1.12. The first-order valence-electron chi connectivity index (χ1n) is 10.4. The van der Waals surface area contributed by atoms with Gasteiger partial charge in [0.15, 0.2) is 5.76 Å². The molecule has 2 amide bonds. The Balaban J connectivity index is 1.32. The second kappa shape index (κ2) is 9.41. The molecule has 172 valence electrons. The average molecular weight is 470 g/mol. The van der Waals surface area contributed by atoms with Gasteiger partial charge in [-0.3, -0.25) is 9.59 Å². The highest BCUT2D eigenvalue weighted by Crippen LogP contribution is 2.22. The van der Waals surface area contributed by atoms with Crippen LogP contribution in [-0.2, 0) is 14.8 Å². The molecular weight excluding hydrogens is 446 g/mol. The molecule has 0 aliphatic carbocycles. The van der Waals surface area contributed by atoms with Crippen molar-refractivity contribution in [1.82, 2.24) is 14.9 Å². The average Bonchev–Trinajstić information content (AvgIpc) is 3.34. The normalized spacial score (nSPS) is 14.6. The molecule has 0 saturated carbocycles. The number of anilines is 2. The predicted molar refractivity (Wildman–Crippen MR) is 120 cm³/mol. The number of nitrogens with one attached hydrogen (secondary N) is 2. The molecule has 1 aliphatic heterocycles. The van der Waals surface area contributed by atoms with E-state index in [1.165, 1.54) is 36.7 Å². The van der Waals surface area contributed by atoms with E-state index in [0.717, 1.165) is 0 Å². The summed E-state index contributed by atoms with van der Waals surface area (Å²) in [4.78, 5) is 34.6. The van der Waals surface area contributed by atoms with E-state index in [9.17, 15) is 18.0 Å². The topological polar surface area (TPSA) is 134 Å². The number of piperidine rings is 1. The van der Waals surface area contributed by atoms with Gasteiger partial charge in [-0.05, 0) is 62.2 Å². The zero-order valence-electron chi connectivity index (χ0n) is 17.9. The molecule has 2 N–H and O–H groups in total. The molecular formula is C22H23N5O5S. The molecule has 4 rings (SSSR count). The lowest BCUT2D eigenvalue weighted by Gasteiger charge is -2.30. The molecule has 1 saturated heterocycles. The lowest BCUT2D eigenvalue weighted by Crippen LogP contribution is -2.41. The van der Waals surface area contributed by atoms with Crippen LogP contribution in [0.15, 0.2) is 64.2 Å². The fourth-order valence-corrected chi connectivity index (χ4v) is 4.49. The maximum atomic E-state index is 12.6. The molecule has 0 unspecified atom stereocenters. The number of nitrogens with zero attached hydrogens (tertiary/aromatic N) is 3. The standard InChI is InChI=1S/C22H23N5O5S/c1-15-8-11-23-22(24-15)26-33(30,31)18-6-4-17(5-7-18)25-20(28)16-9-12-27(13-10-16)21(29)19-3-2-14-32-19/h2-8,11,14,16H,9-10,12-13H2,1H3,(H,25,28)(H,23,24,26). The summed E-state index contributed by atoms with van der Waals surface area (Å²) in [5, 5.41) is 2.82. The Labute approximate surface area is 191 Å². The summed E-state index contributed by atoms with van der Waals surface area (Å²) in [6, 6.07) is 10.8. The van der Waals surface area contributed by atoms with Gasteiger partial charge in [-0.1, -0.05) is 0 Å². The Hall–Kier alpha value is -3.73. The van der Waals surface area contributed by atoms with Crippen LogP contribution in [0.5, 0.6) is 0 Å². The van der Waals surface area contributed by atoms with Gasteiger partial charge in [-0.25, -0.2) is 23.1 Å². The molecule has 10 nitrogen and oxygen atoms in total. The molecule has 1 fully saturated rings.